The van der Waals surface area contributed by atoms with E-state index in [1.165, 1.54) is 32.1 Å². The summed E-state index contributed by atoms with van der Waals surface area (Å²) < 4.78 is 0. The number of piperidine rings is 1. The molecule has 1 aliphatic heterocycles. The molecule has 15 heavy (non-hydrogen) atoms. The summed E-state index contributed by atoms with van der Waals surface area (Å²) in [5, 5.41) is 0. The van der Waals surface area contributed by atoms with Gasteiger partial charge in [0.15, 0.2) is 0 Å². The number of halogens is 1. The van der Waals surface area contributed by atoms with Crippen molar-refractivity contribution in [1.29, 1.82) is 0 Å². The van der Waals surface area contributed by atoms with Gasteiger partial charge in [0.25, 0.3) is 0 Å². The summed E-state index contributed by atoms with van der Waals surface area (Å²) in [5.41, 5.74) is 0. The van der Waals surface area contributed by atoms with Crippen LogP contribution in [0.4, 0.5) is 0 Å². The SMILES string of the molecule is CC(Br)C(=O)N1CCCC(C2CCC2)C1. The number of hydrogen-bond donors (Lipinski definition) is 0. The van der Waals surface area contributed by atoms with Crippen molar-refractivity contribution in [3.8, 4) is 0 Å². The molecule has 0 radical (unpaired) electrons. The molecule has 86 valence electrons. The molecule has 1 saturated carbocycles. The lowest BCUT2D eigenvalue weighted by Gasteiger charge is -2.41. The molecule has 2 nitrogen and oxygen atoms in total. The molecule has 2 unspecified atom stereocenters. The van der Waals surface area contributed by atoms with Crippen LogP contribution in [0.15, 0.2) is 0 Å². The Kier molecular flexibility index (Phi) is 3.70. The van der Waals surface area contributed by atoms with E-state index < -0.39 is 0 Å². The first-order valence-electron chi connectivity index (χ1n) is 6.11. The lowest BCUT2D eigenvalue weighted by molar-refractivity contribution is -0.132. The van der Waals surface area contributed by atoms with Gasteiger partial charge in [-0.2, -0.15) is 0 Å². The summed E-state index contributed by atoms with van der Waals surface area (Å²) in [4.78, 5) is 13.9. The smallest absolute Gasteiger partial charge is 0.236 e. The Labute approximate surface area is 101 Å². The van der Waals surface area contributed by atoms with E-state index in [-0.39, 0.29) is 10.7 Å². The molecule has 2 fully saturated rings. The fourth-order valence-electron chi connectivity index (χ4n) is 2.76. The Morgan fingerprint density at radius 3 is 2.47 bits per heavy atom. The molecule has 2 atom stereocenters. The van der Waals surface area contributed by atoms with Gasteiger partial charge >= 0.3 is 0 Å². The quantitative estimate of drug-likeness (QED) is 0.709. The lowest BCUT2D eigenvalue weighted by Crippen LogP contribution is -2.45. The topological polar surface area (TPSA) is 20.3 Å². The zero-order valence-corrected chi connectivity index (χ0v) is 11.0. The van der Waals surface area contributed by atoms with Crippen molar-refractivity contribution in [1.82, 2.24) is 4.90 Å². The van der Waals surface area contributed by atoms with Gasteiger partial charge in [0.1, 0.15) is 0 Å². The molecular formula is C12H20BrNO. The van der Waals surface area contributed by atoms with E-state index in [4.69, 9.17) is 0 Å². The number of amides is 1. The minimum atomic E-state index is -0.0161. The molecule has 0 spiro atoms. The highest BCUT2D eigenvalue weighted by Crippen LogP contribution is 2.37. The van der Waals surface area contributed by atoms with Crippen LogP contribution in [0.1, 0.15) is 39.0 Å². The first-order chi connectivity index (χ1) is 7.18. The summed E-state index contributed by atoms with van der Waals surface area (Å²) in [6.07, 6.45) is 6.74. The monoisotopic (exact) mass is 273 g/mol. The maximum absolute atomic E-state index is 11.9. The third kappa shape index (κ3) is 2.55. The zero-order valence-electron chi connectivity index (χ0n) is 9.42. The second-order valence-corrected chi connectivity index (χ2v) is 6.37. The van der Waals surface area contributed by atoms with Crippen LogP contribution in [0.3, 0.4) is 0 Å². The number of hydrogen-bond acceptors (Lipinski definition) is 1. The molecule has 2 rings (SSSR count). The number of carbonyl (C=O) groups excluding carboxylic acids is 1. The van der Waals surface area contributed by atoms with Gasteiger partial charge < -0.3 is 4.90 Å². The van der Waals surface area contributed by atoms with Crippen molar-refractivity contribution >= 4 is 21.8 Å². The van der Waals surface area contributed by atoms with Gasteiger partial charge in [-0.1, -0.05) is 35.2 Å². The molecular weight excluding hydrogens is 254 g/mol. The third-order valence-electron chi connectivity index (χ3n) is 3.93. The third-order valence-corrected chi connectivity index (χ3v) is 4.32. The van der Waals surface area contributed by atoms with Crippen molar-refractivity contribution in [3.63, 3.8) is 0 Å². The largest absolute Gasteiger partial charge is 0.341 e. The molecule has 0 aromatic rings. The minimum absolute atomic E-state index is 0.0161. The van der Waals surface area contributed by atoms with Crippen LogP contribution in [-0.4, -0.2) is 28.7 Å². The van der Waals surface area contributed by atoms with Crippen molar-refractivity contribution in [2.45, 2.75) is 43.9 Å². The number of rotatable bonds is 2. The molecule has 1 saturated heterocycles. The van der Waals surface area contributed by atoms with Gasteiger partial charge in [0.05, 0.1) is 4.83 Å². The lowest BCUT2D eigenvalue weighted by atomic mass is 9.73. The first kappa shape index (κ1) is 11.4. The van der Waals surface area contributed by atoms with E-state index in [9.17, 15) is 4.79 Å². The van der Waals surface area contributed by atoms with E-state index in [2.05, 4.69) is 20.8 Å². The van der Waals surface area contributed by atoms with Gasteiger partial charge in [-0.05, 0) is 31.6 Å². The van der Waals surface area contributed by atoms with Gasteiger partial charge in [-0.3, -0.25) is 4.79 Å². The number of likely N-dealkylation sites (tertiary alicyclic amines) is 1. The summed E-state index contributed by atoms with van der Waals surface area (Å²) in [6, 6.07) is 0. The van der Waals surface area contributed by atoms with Crippen molar-refractivity contribution in [2.75, 3.05) is 13.1 Å². The summed E-state index contributed by atoms with van der Waals surface area (Å²) >= 11 is 3.37. The van der Waals surface area contributed by atoms with E-state index in [1.54, 1.807) is 0 Å². The van der Waals surface area contributed by atoms with Crippen molar-refractivity contribution < 1.29 is 4.79 Å². The highest BCUT2D eigenvalue weighted by atomic mass is 79.9. The fraction of sp³-hybridized carbons (Fsp3) is 0.917. The summed E-state index contributed by atoms with van der Waals surface area (Å²) in [5.74, 6) is 1.99. The molecule has 3 heteroatoms. The molecule has 0 aromatic heterocycles. The van der Waals surface area contributed by atoms with E-state index >= 15 is 0 Å². The molecule has 0 N–H and O–H groups in total. The van der Waals surface area contributed by atoms with Crippen LogP contribution in [0.25, 0.3) is 0 Å². The molecule has 0 bridgehead atoms. The van der Waals surface area contributed by atoms with Crippen LogP contribution in [0, 0.1) is 11.8 Å². The molecule has 1 aliphatic carbocycles. The van der Waals surface area contributed by atoms with Crippen LogP contribution in [-0.2, 0) is 4.79 Å². The fourth-order valence-corrected chi connectivity index (χ4v) is 3.05. The second kappa shape index (κ2) is 4.86. The first-order valence-corrected chi connectivity index (χ1v) is 7.03. The average molecular weight is 274 g/mol. The van der Waals surface area contributed by atoms with E-state index in [1.807, 2.05) is 6.92 Å². The van der Waals surface area contributed by atoms with Gasteiger partial charge in [-0.25, -0.2) is 0 Å². The van der Waals surface area contributed by atoms with Crippen LogP contribution in [0.2, 0.25) is 0 Å². The second-order valence-electron chi connectivity index (χ2n) is 4.99. The summed E-state index contributed by atoms with van der Waals surface area (Å²) in [6.45, 7) is 3.91. The molecule has 1 amide bonds. The van der Waals surface area contributed by atoms with Crippen LogP contribution in [0.5, 0.6) is 0 Å². The maximum Gasteiger partial charge on any atom is 0.236 e. The van der Waals surface area contributed by atoms with Gasteiger partial charge in [0, 0.05) is 13.1 Å². The summed E-state index contributed by atoms with van der Waals surface area (Å²) in [7, 11) is 0. The minimum Gasteiger partial charge on any atom is -0.341 e. The normalized spacial score (nSPS) is 29.7. The van der Waals surface area contributed by atoms with Crippen LogP contribution < -0.4 is 0 Å². The van der Waals surface area contributed by atoms with Gasteiger partial charge in [0.2, 0.25) is 5.91 Å². The zero-order chi connectivity index (χ0) is 10.8. The maximum atomic E-state index is 11.9. The average Bonchev–Trinajstić information content (AvgIpc) is 2.14. The van der Waals surface area contributed by atoms with E-state index in [0.717, 1.165) is 24.9 Å². The highest BCUT2D eigenvalue weighted by molar-refractivity contribution is 9.10. The molecule has 2 aliphatic rings. The number of alkyl halides is 1. The predicted octanol–water partition coefficient (Wildman–Crippen LogP) is 2.81. The standard InChI is InChI=1S/C12H20BrNO/c1-9(13)12(15)14-7-3-6-11(8-14)10-4-2-5-10/h9-11H,2-8H2,1H3. The van der Waals surface area contributed by atoms with Gasteiger partial charge in [-0.15, -0.1) is 0 Å². The highest BCUT2D eigenvalue weighted by Gasteiger charge is 2.32. The molecule has 1 heterocycles. The molecule has 0 aromatic carbocycles. The van der Waals surface area contributed by atoms with Crippen molar-refractivity contribution in [2.24, 2.45) is 11.8 Å². The Balaban J connectivity index is 1.88. The Hall–Kier alpha value is -0.0500. The van der Waals surface area contributed by atoms with Crippen molar-refractivity contribution in [3.05, 3.63) is 0 Å². The Morgan fingerprint density at radius 1 is 1.27 bits per heavy atom. The van der Waals surface area contributed by atoms with Crippen LogP contribution >= 0.6 is 15.9 Å². The van der Waals surface area contributed by atoms with E-state index in [0.29, 0.717) is 0 Å². The number of carbonyl (C=O) groups is 1. The Morgan fingerprint density at radius 2 is 1.93 bits per heavy atom. The number of nitrogens with zero attached hydrogens (tertiary/aromatic N) is 1. The Bertz CT molecular complexity index is 238. The predicted molar refractivity (Wildman–Crippen MR) is 65.0 cm³/mol.